The second-order valence-corrected chi connectivity index (χ2v) is 6.98. The molecule has 4 rings (SSSR count). The third kappa shape index (κ3) is 3.78. The summed E-state index contributed by atoms with van der Waals surface area (Å²) in [4.78, 5) is 28.5. The number of amides is 2. The molecule has 1 heterocycles. The summed E-state index contributed by atoms with van der Waals surface area (Å²) in [6, 6.07) is 11.1. The van der Waals surface area contributed by atoms with Crippen LogP contribution in [0.1, 0.15) is 23.7 Å². The lowest BCUT2D eigenvalue weighted by Crippen LogP contribution is -2.16. The molecule has 0 spiro atoms. The molecule has 142 valence electrons. The summed E-state index contributed by atoms with van der Waals surface area (Å²) in [5.41, 5.74) is 1.63. The van der Waals surface area contributed by atoms with Crippen LogP contribution in [-0.2, 0) is 4.79 Å². The average Bonchev–Trinajstić information content (AvgIpc) is 3.17. The number of benzene rings is 2. The number of halogens is 1. The second-order valence-electron chi connectivity index (χ2n) is 6.98. The van der Waals surface area contributed by atoms with Crippen molar-refractivity contribution in [3.05, 3.63) is 72.6 Å². The van der Waals surface area contributed by atoms with Gasteiger partial charge < -0.3 is 15.2 Å². The Morgan fingerprint density at radius 1 is 1.14 bits per heavy atom. The summed E-state index contributed by atoms with van der Waals surface area (Å²) in [5, 5.41) is 5.52. The van der Waals surface area contributed by atoms with Crippen LogP contribution in [0.4, 0.5) is 15.8 Å². The van der Waals surface area contributed by atoms with Crippen LogP contribution < -0.4 is 10.6 Å². The molecule has 0 aliphatic heterocycles. The fourth-order valence-corrected chi connectivity index (χ4v) is 3.06. The molecule has 0 saturated heterocycles. The lowest BCUT2D eigenvalue weighted by atomic mass is 10.1. The molecule has 2 amide bonds. The second kappa shape index (κ2) is 7.26. The highest BCUT2D eigenvalue weighted by Crippen LogP contribution is 2.38. The van der Waals surface area contributed by atoms with Gasteiger partial charge in [0.2, 0.25) is 5.91 Å². The van der Waals surface area contributed by atoms with Crippen LogP contribution in [0.15, 0.2) is 61.2 Å². The van der Waals surface area contributed by atoms with Gasteiger partial charge in [0.1, 0.15) is 5.82 Å². The quantitative estimate of drug-likeness (QED) is 0.708. The third-order valence-corrected chi connectivity index (χ3v) is 4.83. The van der Waals surface area contributed by atoms with E-state index in [2.05, 4.69) is 15.6 Å². The molecule has 1 aliphatic rings. The lowest BCUT2D eigenvalue weighted by molar-refractivity contribution is -0.117. The standard InChI is InChI=1S/C21H19FN4O2/c1-13-9-17(13)21(28)25-15-4-2-3-14(10-15)20(27)24-16-5-6-19(18(22)11-16)26-8-7-23-12-26/h2-8,10-13,17H,9H2,1H3,(H,24,27)(H,25,28). The van der Waals surface area contributed by atoms with Crippen molar-refractivity contribution >= 4 is 23.2 Å². The van der Waals surface area contributed by atoms with E-state index in [0.717, 1.165) is 6.42 Å². The monoisotopic (exact) mass is 378 g/mol. The third-order valence-electron chi connectivity index (χ3n) is 4.83. The average molecular weight is 378 g/mol. The van der Waals surface area contributed by atoms with E-state index in [4.69, 9.17) is 0 Å². The van der Waals surface area contributed by atoms with Crippen molar-refractivity contribution in [2.75, 3.05) is 10.6 Å². The number of nitrogens with one attached hydrogen (secondary N) is 2. The Labute approximate surface area is 161 Å². The number of imidazole rings is 1. The number of rotatable bonds is 5. The molecule has 1 saturated carbocycles. The Balaban J connectivity index is 1.45. The number of hydrogen-bond acceptors (Lipinski definition) is 3. The first-order valence-corrected chi connectivity index (χ1v) is 9.01. The van der Waals surface area contributed by atoms with Gasteiger partial charge in [0.15, 0.2) is 0 Å². The first-order valence-electron chi connectivity index (χ1n) is 9.01. The van der Waals surface area contributed by atoms with E-state index in [0.29, 0.717) is 28.5 Å². The maximum absolute atomic E-state index is 14.3. The van der Waals surface area contributed by atoms with Gasteiger partial charge in [-0.3, -0.25) is 9.59 Å². The highest BCUT2D eigenvalue weighted by atomic mass is 19.1. The van der Waals surface area contributed by atoms with Gasteiger partial charge in [-0.15, -0.1) is 0 Å². The summed E-state index contributed by atoms with van der Waals surface area (Å²) in [5.74, 6) is -0.426. The van der Waals surface area contributed by atoms with Crippen molar-refractivity contribution in [2.45, 2.75) is 13.3 Å². The summed E-state index contributed by atoms with van der Waals surface area (Å²) < 4.78 is 15.9. The van der Waals surface area contributed by atoms with Gasteiger partial charge in [0.05, 0.1) is 12.0 Å². The van der Waals surface area contributed by atoms with Crippen molar-refractivity contribution in [2.24, 2.45) is 11.8 Å². The van der Waals surface area contributed by atoms with Gasteiger partial charge in [-0.25, -0.2) is 9.37 Å². The predicted molar refractivity (Wildman–Crippen MR) is 104 cm³/mol. The van der Waals surface area contributed by atoms with E-state index < -0.39 is 5.82 Å². The molecule has 0 radical (unpaired) electrons. The van der Waals surface area contributed by atoms with Gasteiger partial charge in [-0.1, -0.05) is 13.0 Å². The van der Waals surface area contributed by atoms with E-state index >= 15 is 0 Å². The number of carbonyl (C=O) groups excluding carboxylic acids is 2. The van der Waals surface area contributed by atoms with Crippen LogP contribution in [-0.4, -0.2) is 21.4 Å². The normalized spacial score (nSPS) is 17.8. The van der Waals surface area contributed by atoms with Crippen LogP contribution in [0, 0.1) is 17.7 Å². The predicted octanol–water partition coefficient (Wildman–Crippen LogP) is 3.86. The van der Waals surface area contributed by atoms with E-state index in [9.17, 15) is 14.0 Å². The molecule has 1 aromatic heterocycles. The van der Waals surface area contributed by atoms with Crippen molar-refractivity contribution in [1.82, 2.24) is 9.55 Å². The fourth-order valence-electron chi connectivity index (χ4n) is 3.06. The summed E-state index contributed by atoms with van der Waals surface area (Å²) in [6.07, 6.45) is 5.59. The molecule has 3 aromatic rings. The Bertz CT molecular complexity index is 1030. The smallest absolute Gasteiger partial charge is 0.255 e. The van der Waals surface area contributed by atoms with E-state index in [1.165, 1.54) is 12.4 Å². The van der Waals surface area contributed by atoms with Gasteiger partial charge >= 0.3 is 0 Å². The van der Waals surface area contributed by atoms with Crippen LogP contribution >= 0.6 is 0 Å². The zero-order valence-corrected chi connectivity index (χ0v) is 15.2. The van der Waals surface area contributed by atoms with Crippen molar-refractivity contribution in [1.29, 1.82) is 0 Å². The van der Waals surface area contributed by atoms with Crippen molar-refractivity contribution < 1.29 is 14.0 Å². The van der Waals surface area contributed by atoms with Gasteiger partial charge in [-0.05, 0) is 48.7 Å². The minimum atomic E-state index is -0.477. The molecule has 1 aliphatic carbocycles. The van der Waals surface area contributed by atoms with Crippen molar-refractivity contribution in [3.8, 4) is 5.69 Å². The van der Waals surface area contributed by atoms with Crippen LogP contribution in [0.3, 0.4) is 0 Å². The topological polar surface area (TPSA) is 76.0 Å². The van der Waals surface area contributed by atoms with E-state index in [1.807, 2.05) is 6.92 Å². The van der Waals surface area contributed by atoms with Crippen molar-refractivity contribution in [3.63, 3.8) is 0 Å². The number of anilines is 2. The minimum absolute atomic E-state index is 0.0257. The Morgan fingerprint density at radius 3 is 2.61 bits per heavy atom. The molecule has 2 N–H and O–H groups in total. The Hall–Kier alpha value is -3.48. The molecular formula is C21H19FN4O2. The maximum atomic E-state index is 14.3. The summed E-state index contributed by atoms with van der Waals surface area (Å²) in [6.45, 7) is 2.03. The highest BCUT2D eigenvalue weighted by Gasteiger charge is 2.39. The largest absolute Gasteiger partial charge is 0.326 e. The van der Waals surface area contributed by atoms with Crippen LogP contribution in [0.2, 0.25) is 0 Å². The molecular weight excluding hydrogens is 359 g/mol. The fraction of sp³-hybridized carbons (Fsp3) is 0.190. The molecule has 28 heavy (non-hydrogen) atoms. The first kappa shape index (κ1) is 17.9. The Morgan fingerprint density at radius 2 is 1.93 bits per heavy atom. The maximum Gasteiger partial charge on any atom is 0.255 e. The molecule has 7 heteroatoms. The molecule has 6 nitrogen and oxygen atoms in total. The highest BCUT2D eigenvalue weighted by molar-refractivity contribution is 6.05. The number of nitrogens with zero attached hydrogens (tertiary/aromatic N) is 2. The minimum Gasteiger partial charge on any atom is -0.326 e. The SMILES string of the molecule is CC1CC1C(=O)Nc1cccc(C(=O)Nc2ccc(-n3ccnc3)c(F)c2)c1. The van der Waals surface area contributed by atoms with Gasteiger partial charge in [0.25, 0.3) is 5.91 Å². The van der Waals surface area contributed by atoms with Gasteiger partial charge in [-0.2, -0.15) is 0 Å². The molecule has 0 bridgehead atoms. The zero-order valence-electron chi connectivity index (χ0n) is 15.2. The number of hydrogen-bond donors (Lipinski definition) is 2. The lowest BCUT2D eigenvalue weighted by Gasteiger charge is -2.10. The van der Waals surface area contributed by atoms with Crippen LogP contribution in [0.5, 0.6) is 0 Å². The first-order chi connectivity index (χ1) is 13.5. The van der Waals surface area contributed by atoms with Crippen LogP contribution in [0.25, 0.3) is 5.69 Å². The summed E-state index contributed by atoms with van der Waals surface area (Å²) >= 11 is 0. The zero-order chi connectivity index (χ0) is 19.7. The molecule has 2 atom stereocenters. The number of carbonyl (C=O) groups is 2. The molecule has 1 fully saturated rings. The van der Waals surface area contributed by atoms with E-state index in [-0.39, 0.29) is 17.7 Å². The summed E-state index contributed by atoms with van der Waals surface area (Å²) in [7, 11) is 0. The molecule has 2 aromatic carbocycles. The van der Waals surface area contributed by atoms with Gasteiger partial charge in [0, 0.05) is 35.2 Å². The number of aromatic nitrogens is 2. The molecule has 2 unspecified atom stereocenters. The Kier molecular flexibility index (Phi) is 4.65. The van der Waals surface area contributed by atoms with E-state index in [1.54, 1.807) is 53.4 Å².